The van der Waals surface area contributed by atoms with E-state index in [2.05, 4.69) is 31.5 Å². The Labute approximate surface area is 173 Å². The zero-order chi connectivity index (χ0) is 20.8. The monoisotopic (exact) mass is 463 g/mol. The largest absolute Gasteiger partial charge is 0.439 e. The molecule has 1 atom stereocenters. The van der Waals surface area contributed by atoms with E-state index in [0.717, 1.165) is 16.6 Å². The van der Waals surface area contributed by atoms with E-state index in [9.17, 15) is 18.7 Å². The number of urea groups is 1. The van der Waals surface area contributed by atoms with Crippen molar-refractivity contribution >= 4 is 27.6 Å². The predicted octanol–water partition coefficient (Wildman–Crippen LogP) is 4.77. The Morgan fingerprint density at radius 3 is 2.69 bits per heavy atom. The number of ether oxygens (including phenoxy) is 1. The van der Waals surface area contributed by atoms with E-state index in [4.69, 9.17) is 4.74 Å². The van der Waals surface area contributed by atoms with E-state index in [1.807, 2.05) is 12.1 Å². The van der Waals surface area contributed by atoms with Crippen LogP contribution in [0.2, 0.25) is 0 Å². The molecule has 0 spiro atoms. The Kier molecular flexibility index (Phi) is 6.73. The van der Waals surface area contributed by atoms with Gasteiger partial charge in [-0.15, -0.1) is 0 Å². The zero-order valence-corrected chi connectivity index (χ0v) is 16.5. The summed E-state index contributed by atoms with van der Waals surface area (Å²) in [7, 11) is 0. The number of anilines is 1. The van der Waals surface area contributed by atoms with Crippen molar-refractivity contribution in [2.45, 2.75) is 6.10 Å². The number of hydrogen-bond acceptors (Lipinski definition) is 4. The number of halogens is 3. The predicted molar refractivity (Wildman–Crippen MR) is 107 cm³/mol. The van der Waals surface area contributed by atoms with Gasteiger partial charge in [0.05, 0.1) is 18.0 Å². The minimum atomic E-state index is -1.32. The number of carbonyl (C=O) groups is 1. The number of aromatic nitrogens is 1. The van der Waals surface area contributed by atoms with Gasteiger partial charge in [-0.05, 0) is 30.3 Å². The van der Waals surface area contributed by atoms with E-state index in [0.29, 0.717) is 23.4 Å². The van der Waals surface area contributed by atoms with Gasteiger partial charge in [-0.2, -0.15) is 0 Å². The SMILES string of the molecule is O=C(NCC(O)c1ccc(F)cc1F)Nc1ccc(Oc2cccc(Br)c2)nc1. The van der Waals surface area contributed by atoms with Crippen LogP contribution in [0.5, 0.6) is 11.6 Å². The van der Waals surface area contributed by atoms with Crippen LogP contribution in [0.3, 0.4) is 0 Å². The van der Waals surface area contributed by atoms with Gasteiger partial charge < -0.3 is 20.5 Å². The number of amides is 2. The van der Waals surface area contributed by atoms with Gasteiger partial charge in [-0.3, -0.25) is 0 Å². The Morgan fingerprint density at radius 1 is 1.17 bits per heavy atom. The fraction of sp³-hybridized carbons (Fsp3) is 0.100. The molecule has 0 fully saturated rings. The number of benzene rings is 2. The quantitative estimate of drug-likeness (QED) is 0.491. The molecular weight excluding hydrogens is 448 g/mol. The minimum Gasteiger partial charge on any atom is -0.439 e. The van der Waals surface area contributed by atoms with E-state index < -0.39 is 23.8 Å². The second-order valence-electron chi connectivity index (χ2n) is 5.96. The van der Waals surface area contributed by atoms with Gasteiger partial charge in [0.25, 0.3) is 0 Å². The van der Waals surface area contributed by atoms with Crippen molar-refractivity contribution in [3.63, 3.8) is 0 Å². The van der Waals surface area contributed by atoms with Crippen LogP contribution in [-0.2, 0) is 0 Å². The molecule has 1 unspecified atom stereocenters. The van der Waals surface area contributed by atoms with Crippen LogP contribution in [0.4, 0.5) is 19.3 Å². The summed E-state index contributed by atoms with van der Waals surface area (Å²) in [5.41, 5.74) is 0.286. The summed E-state index contributed by atoms with van der Waals surface area (Å²) in [6.45, 7) is -0.258. The molecule has 1 heterocycles. The number of nitrogens with one attached hydrogen (secondary N) is 2. The Morgan fingerprint density at radius 2 is 2.00 bits per heavy atom. The Hall–Kier alpha value is -3.04. The zero-order valence-electron chi connectivity index (χ0n) is 14.9. The third kappa shape index (κ3) is 5.97. The summed E-state index contributed by atoms with van der Waals surface area (Å²) < 4.78 is 33.0. The molecule has 3 rings (SSSR count). The number of hydrogen-bond donors (Lipinski definition) is 3. The van der Waals surface area contributed by atoms with Crippen molar-refractivity contribution in [3.8, 4) is 11.6 Å². The molecule has 2 aromatic carbocycles. The highest BCUT2D eigenvalue weighted by atomic mass is 79.9. The number of aliphatic hydroxyl groups excluding tert-OH is 1. The second-order valence-corrected chi connectivity index (χ2v) is 6.88. The first-order valence-corrected chi connectivity index (χ1v) is 9.27. The number of carbonyl (C=O) groups excluding carboxylic acids is 1. The topological polar surface area (TPSA) is 83.5 Å². The average molecular weight is 464 g/mol. The molecule has 29 heavy (non-hydrogen) atoms. The van der Waals surface area contributed by atoms with Crippen molar-refractivity contribution in [2.24, 2.45) is 0 Å². The summed E-state index contributed by atoms with van der Waals surface area (Å²) >= 11 is 3.35. The number of nitrogens with zero attached hydrogens (tertiary/aromatic N) is 1. The highest BCUT2D eigenvalue weighted by molar-refractivity contribution is 9.10. The van der Waals surface area contributed by atoms with Gasteiger partial charge in [0.15, 0.2) is 0 Å². The third-order valence-corrected chi connectivity index (χ3v) is 4.28. The number of aliphatic hydroxyl groups is 1. The van der Waals surface area contributed by atoms with Gasteiger partial charge in [-0.25, -0.2) is 18.6 Å². The summed E-state index contributed by atoms with van der Waals surface area (Å²) in [6.07, 6.45) is 0.0867. The maximum absolute atomic E-state index is 13.6. The van der Waals surface area contributed by atoms with Crippen LogP contribution >= 0.6 is 15.9 Å². The second kappa shape index (κ2) is 9.44. The van der Waals surface area contributed by atoms with Crippen molar-refractivity contribution < 1.29 is 23.4 Å². The fourth-order valence-electron chi connectivity index (χ4n) is 2.41. The number of rotatable bonds is 6. The van der Waals surface area contributed by atoms with Gasteiger partial charge in [0, 0.05) is 28.7 Å². The lowest BCUT2D eigenvalue weighted by molar-refractivity contribution is 0.170. The van der Waals surface area contributed by atoms with Crippen LogP contribution < -0.4 is 15.4 Å². The molecule has 0 aliphatic rings. The summed E-state index contributed by atoms with van der Waals surface area (Å²) in [5, 5.41) is 14.9. The first kappa shape index (κ1) is 20.7. The molecule has 0 aliphatic heterocycles. The molecule has 1 aromatic heterocycles. The molecule has 0 aliphatic carbocycles. The summed E-state index contributed by atoms with van der Waals surface area (Å²) in [5.74, 6) is -0.683. The maximum Gasteiger partial charge on any atom is 0.319 e. The number of pyridine rings is 1. The Bertz CT molecular complexity index is 1000. The first-order valence-electron chi connectivity index (χ1n) is 8.48. The molecule has 9 heteroatoms. The molecule has 0 bridgehead atoms. The molecule has 0 saturated carbocycles. The third-order valence-electron chi connectivity index (χ3n) is 3.79. The molecule has 0 radical (unpaired) electrons. The lowest BCUT2D eigenvalue weighted by Gasteiger charge is -2.14. The Balaban J connectivity index is 1.51. The van der Waals surface area contributed by atoms with Crippen LogP contribution in [-0.4, -0.2) is 22.7 Å². The summed E-state index contributed by atoms with van der Waals surface area (Å²) in [6, 6.07) is 12.6. The smallest absolute Gasteiger partial charge is 0.319 e. The fourth-order valence-corrected chi connectivity index (χ4v) is 2.79. The van der Waals surface area contributed by atoms with E-state index in [1.54, 1.807) is 24.3 Å². The summed E-state index contributed by atoms with van der Waals surface area (Å²) in [4.78, 5) is 16.1. The van der Waals surface area contributed by atoms with Crippen molar-refractivity contribution in [3.05, 3.63) is 82.5 Å². The highest BCUT2D eigenvalue weighted by Gasteiger charge is 2.14. The van der Waals surface area contributed by atoms with Crippen LogP contribution in [0.15, 0.2) is 65.3 Å². The highest BCUT2D eigenvalue weighted by Crippen LogP contribution is 2.23. The van der Waals surface area contributed by atoms with Crippen molar-refractivity contribution in [1.29, 1.82) is 0 Å². The molecule has 0 saturated heterocycles. The van der Waals surface area contributed by atoms with Crippen molar-refractivity contribution in [2.75, 3.05) is 11.9 Å². The van der Waals surface area contributed by atoms with E-state index in [1.165, 1.54) is 6.20 Å². The van der Waals surface area contributed by atoms with E-state index >= 15 is 0 Å². The normalized spacial score (nSPS) is 11.6. The maximum atomic E-state index is 13.6. The van der Waals surface area contributed by atoms with Gasteiger partial charge >= 0.3 is 6.03 Å². The van der Waals surface area contributed by atoms with E-state index in [-0.39, 0.29) is 12.1 Å². The average Bonchev–Trinajstić information content (AvgIpc) is 2.68. The molecule has 3 N–H and O–H groups in total. The van der Waals surface area contributed by atoms with Crippen molar-refractivity contribution in [1.82, 2.24) is 10.3 Å². The van der Waals surface area contributed by atoms with Gasteiger partial charge in [0.1, 0.15) is 17.4 Å². The van der Waals surface area contributed by atoms with Crippen LogP contribution in [0.1, 0.15) is 11.7 Å². The standard InChI is InChI=1S/C20H16BrF2N3O3/c21-12-2-1-3-15(8-12)29-19-7-5-14(10-24-19)26-20(28)25-11-18(27)16-6-4-13(22)9-17(16)23/h1-10,18,27H,11H2,(H2,25,26,28). The molecular formula is C20H16BrF2N3O3. The molecule has 2 amide bonds. The lowest BCUT2D eigenvalue weighted by Crippen LogP contribution is -2.32. The van der Waals surface area contributed by atoms with Crippen LogP contribution in [0, 0.1) is 11.6 Å². The minimum absolute atomic E-state index is 0.109. The first-order chi connectivity index (χ1) is 13.9. The van der Waals surface area contributed by atoms with Gasteiger partial charge in [-0.1, -0.05) is 28.1 Å². The molecule has 3 aromatic rings. The van der Waals surface area contributed by atoms with Gasteiger partial charge in [0.2, 0.25) is 5.88 Å². The van der Waals surface area contributed by atoms with Crippen LogP contribution in [0.25, 0.3) is 0 Å². The molecule has 6 nitrogen and oxygen atoms in total. The lowest BCUT2D eigenvalue weighted by atomic mass is 10.1. The molecule has 150 valence electrons.